The maximum absolute atomic E-state index is 12.6. The molecule has 5 heteroatoms. The number of rotatable bonds is 4. The minimum absolute atomic E-state index is 0.0921. The first-order valence-corrected chi connectivity index (χ1v) is 7.76. The van der Waals surface area contributed by atoms with Crippen LogP contribution in [-0.2, 0) is 9.53 Å². The molecule has 1 heterocycles. The highest BCUT2D eigenvalue weighted by atomic mass is 35.5. The van der Waals surface area contributed by atoms with E-state index < -0.39 is 0 Å². The van der Waals surface area contributed by atoms with Gasteiger partial charge in [0, 0.05) is 18.1 Å². The lowest BCUT2D eigenvalue weighted by Crippen LogP contribution is -2.47. The second kappa shape index (κ2) is 7.25. The van der Waals surface area contributed by atoms with Crippen LogP contribution in [0.3, 0.4) is 0 Å². The van der Waals surface area contributed by atoms with Gasteiger partial charge in [-0.1, -0.05) is 37.6 Å². The minimum atomic E-state index is -0.117. The van der Waals surface area contributed by atoms with Crippen molar-refractivity contribution in [2.75, 3.05) is 26.2 Å². The number of hydrogen-bond donors (Lipinski definition) is 1. The van der Waals surface area contributed by atoms with Crippen LogP contribution < -0.4 is 5.73 Å². The predicted octanol–water partition coefficient (Wildman–Crippen LogP) is 2.47. The van der Waals surface area contributed by atoms with E-state index in [4.69, 9.17) is 22.1 Å². The second-order valence-corrected chi connectivity index (χ2v) is 6.22. The summed E-state index contributed by atoms with van der Waals surface area (Å²) in [7, 11) is 0. The zero-order chi connectivity index (χ0) is 15.4. The summed E-state index contributed by atoms with van der Waals surface area (Å²) in [5.41, 5.74) is 6.80. The molecule has 1 fully saturated rings. The lowest BCUT2D eigenvalue weighted by atomic mass is 9.94. The van der Waals surface area contributed by atoms with Gasteiger partial charge in [-0.15, -0.1) is 0 Å². The molecule has 0 saturated carbocycles. The van der Waals surface area contributed by atoms with Crippen LogP contribution in [0.15, 0.2) is 24.3 Å². The van der Waals surface area contributed by atoms with Crippen molar-refractivity contribution in [2.24, 2.45) is 17.6 Å². The van der Waals surface area contributed by atoms with E-state index in [1.54, 1.807) is 0 Å². The Morgan fingerprint density at radius 1 is 1.43 bits per heavy atom. The average Bonchev–Trinajstić information content (AvgIpc) is 2.48. The van der Waals surface area contributed by atoms with Crippen molar-refractivity contribution < 1.29 is 9.53 Å². The Bertz CT molecular complexity index is 476. The van der Waals surface area contributed by atoms with Crippen molar-refractivity contribution in [3.8, 4) is 0 Å². The molecule has 1 aliphatic heterocycles. The molecule has 116 valence electrons. The summed E-state index contributed by atoms with van der Waals surface area (Å²) in [5.74, 6) is 0.267. The standard InChI is InChI=1S/C16H23ClN2O2/c1-11(2)14(9-18)16(20)19-7-8-21-15(10-19)12-3-5-13(17)6-4-12/h3-6,11,14-15H,7-10,18H2,1-2H3. The molecule has 1 amide bonds. The highest BCUT2D eigenvalue weighted by molar-refractivity contribution is 6.30. The largest absolute Gasteiger partial charge is 0.370 e. The number of carbonyl (C=O) groups excluding carboxylic acids is 1. The van der Waals surface area contributed by atoms with E-state index in [1.165, 1.54) is 0 Å². The minimum Gasteiger partial charge on any atom is -0.370 e. The summed E-state index contributed by atoms with van der Waals surface area (Å²) in [5, 5.41) is 0.700. The van der Waals surface area contributed by atoms with Gasteiger partial charge in [-0.25, -0.2) is 0 Å². The van der Waals surface area contributed by atoms with E-state index >= 15 is 0 Å². The van der Waals surface area contributed by atoms with Gasteiger partial charge < -0.3 is 15.4 Å². The monoisotopic (exact) mass is 310 g/mol. The molecule has 1 aliphatic rings. The normalized spacial score (nSPS) is 20.6. The molecule has 0 spiro atoms. The molecule has 2 unspecified atom stereocenters. The summed E-state index contributed by atoms with van der Waals surface area (Å²) < 4.78 is 5.79. The molecule has 1 saturated heterocycles. The summed E-state index contributed by atoms with van der Waals surface area (Å²) in [4.78, 5) is 14.4. The van der Waals surface area contributed by atoms with Crippen LogP contribution >= 0.6 is 11.6 Å². The molecule has 4 nitrogen and oxygen atoms in total. The van der Waals surface area contributed by atoms with Crippen LogP contribution in [0.25, 0.3) is 0 Å². The summed E-state index contributed by atoms with van der Waals surface area (Å²) >= 11 is 5.91. The Labute approximate surface area is 131 Å². The van der Waals surface area contributed by atoms with Crippen molar-refractivity contribution in [1.29, 1.82) is 0 Å². The molecule has 21 heavy (non-hydrogen) atoms. The maximum Gasteiger partial charge on any atom is 0.227 e. The van der Waals surface area contributed by atoms with Crippen molar-refractivity contribution in [2.45, 2.75) is 20.0 Å². The fraction of sp³-hybridized carbons (Fsp3) is 0.562. The quantitative estimate of drug-likeness (QED) is 0.929. The number of amides is 1. The molecule has 0 aliphatic carbocycles. The van der Waals surface area contributed by atoms with Crippen molar-refractivity contribution in [1.82, 2.24) is 4.90 Å². The zero-order valence-corrected chi connectivity index (χ0v) is 13.3. The van der Waals surface area contributed by atoms with Gasteiger partial charge in [-0.2, -0.15) is 0 Å². The van der Waals surface area contributed by atoms with Crippen molar-refractivity contribution in [3.63, 3.8) is 0 Å². The SMILES string of the molecule is CC(C)C(CN)C(=O)N1CCOC(c2ccc(Cl)cc2)C1. The molecule has 2 rings (SSSR count). The maximum atomic E-state index is 12.6. The molecule has 2 N–H and O–H groups in total. The Hall–Kier alpha value is -1.10. The number of nitrogens with two attached hydrogens (primary N) is 1. The van der Waals surface area contributed by atoms with Gasteiger partial charge in [0.25, 0.3) is 0 Å². The Morgan fingerprint density at radius 3 is 2.67 bits per heavy atom. The summed E-state index contributed by atoms with van der Waals surface area (Å²) in [6, 6.07) is 7.59. The summed E-state index contributed by atoms with van der Waals surface area (Å²) in [6.45, 7) is 6.21. The van der Waals surface area contributed by atoms with Crippen LogP contribution in [-0.4, -0.2) is 37.0 Å². The highest BCUT2D eigenvalue weighted by Gasteiger charge is 2.30. The third kappa shape index (κ3) is 3.96. The van der Waals surface area contributed by atoms with Crippen LogP contribution in [0.2, 0.25) is 5.02 Å². The van der Waals surface area contributed by atoms with E-state index in [1.807, 2.05) is 43.0 Å². The molecule has 1 aromatic carbocycles. The molecule has 1 aromatic rings. The molecule has 2 atom stereocenters. The van der Waals surface area contributed by atoms with E-state index in [0.717, 1.165) is 5.56 Å². The van der Waals surface area contributed by atoms with Gasteiger partial charge in [0.05, 0.1) is 19.1 Å². The number of hydrogen-bond acceptors (Lipinski definition) is 3. The lowest BCUT2D eigenvalue weighted by molar-refractivity contribution is -0.144. The van der Waals surface area contributed by atoms with Gasteiger partial charge in [-0.05, 0) is 23.6 Å². The average molecular weight is 311 g/mol. The fourth-order valence-electron chi connectivity index (χ4n) is 2.62. The fourth-order valence-corrected chi connectivity index (χ4v) is 2.75. The zero-order valence-electron chi connectivity index (χ0n) is 12.6. The smallest absolute Gasteiger partial charge is 0.227 e. The van der Waals surface area contributed by atoms with Gasteiger partial charge in [0.15, 0.2) is 0 Å². The number of ether oxygens (including phenoxy) is 1. The third-order valence-electron chi connectivity index (χ3n) is 4.00. The van der Waals surface area contributed by atoms with E-state index in [9.17, 15) is 4.79 Å². The summed E-state index contributed by atoms with van der Waals surface area (Å²) in [6.07, 6.45) is -0.0921. The molecule has 0 bridgehead atoms. The van der Waals surface area contributed by atoms with Crippen LogP contribution in [0.4, 0.5) is 0 Å². The number of carbonyl (C=O) groups is 1. The number of nitrogens with zero attached hydrogens (tertiary/aromatic N) is 1. The van der Waals surface area contributed by atoms with Gasteiger partial charge in [-0.3, -0.25) is 4.79 Å². The number of halogens is 1. The highest BCUT2D eigenvalue weighted by Crippen LogP contribution is 2.25. The van der Waals surface area contributed by atoms with Crippen LogP contribution in [0, 0.1) is 11.8 Å². The Morgan fingerprint density at radius 2 is 2.10 bits per heavy atom. The molecular formula is C16H23ClN2O2. The Kier molecular flexibility index (Phi) is 5.62. The van der Waals surface area contributed by atoms with Crippen LogP contribution in [0.1, 0.15) is 25.5 Å². The molecular weight excluding hydrogens is 288 g/mol. The molecule has 0 aromatic heterocycles. The van der Waals surface area contributed by atoms with E-state index in [2.05, 4.69) is 0 Å². The second-order valence-electron chi connectivity index (χ2n) is 5.78. The first-order valence-electron chi connectivity index (χ1n) is 7.39. The van der Waals surface area contributed by atoms with Crippen molar-refractivity contribution in [3.05, 3.63) is 34.9 Å². The van der Waals surface area contributed by atoms with Crippen LogP contribution in [0.5, 0.6) is 0 Å². The Balaban J connectivity index is 2.06. The first-order chi connectivity index (χ1) is 10.0. The first kappa shape index (κ1) is 16.3. The van der Waals surface area contributed by atoms with Gasteiger partial charge in [0.1, 0.15) is 6.10 Å². The molecule has 0 radical (unpaired) electrons. The predicted molar refractivity (Wildman–Crippen MR) is 84.1 cm³/mol. The van der Waals surface area contributed by atoms with E-state index in [0.29, 0.717) is 31.3 Å². The van der Waals surface area contributed by atoms with Gasteiger partial charge >= 0.3 is 0 Å². The number of morpholine rings is 1. The third-order valence-corrected chi connectivity index (χ3v) is 4.25. The van der Waals surface area contributed by atoms with Gasteiger partial charge in [0.2, 0.25) is 5.91 Å². The lowest BCUT2D eigenvalue weighted by Gasteiger charge is -2.36. The van der Waals surface area contributed by atoms with Crippen molar-refractivity contribution >= 4 is 17.5 Å². The van der Waals surface area contributed by atoms with E-state index in [-0.39, 0.29) is 23.8 Å². The topological polar surface area (TPSA) is 55.6 Å². The number of benzene rings is 1.